The topological polar surface area (TPSA) is 77.8 Å². The van der Waals surface area contributed by atoms with Crippen molar-refractivity contribution < 1.29 is 19.8 Å². The maximum absolute atomic E-state index is 12.5. The Morgan fingerprint density at radius 2 is 2.05 bits per heavy atom. The van der Waals surface area contributed by atoms with Gasteiger partial charge < -0.3 is 15.1 Å². The molecule has 1 aliphatic heterocycles. The van der Waals surface area contributed by atoms with E-state index in [1.165, 1.54) is 16.2 Å². The molecule has 1 aromatic heterocycles. The van der Waals surface area contributed by atoms with E-state index in [0.29, 0.717) is 5.56 Å². The first kappa shape index (κ1) is 13.1. The molecule has 104 valence electrons. The van der Waals surface area contributed by atoms with Gasteiger partial charge in [0.1, 0.15) is 6.04 Å². The number of aliphatic carboxylic acids is 1. The van der Waals surface area contributed by atoms with Gasteiger partial charge in [0, 0.05) is 28.4 Å². The Morgan fingerprint density at radius 1 is 1.30 bits per heavy atom. The summed E-state index contributed by atoms with van der Waals surface area (Å²) >= 11 is 1.45. The predicted molar refractivity (Wildman–Crippen MR) is 74.9 cm³/mol. The van der Waals surface area contributed by atoms with Gasteiger partial charge in [-0.2, -0.15) is 0 Å². The van der Waals surface area contributed by atoms with E-state index in [-0.39, 0.29) is 18.9 Å². The second kappa shape index (κ2) is 4.88. The highest BCUT2D eigenvalue weighted by Gasteiger charge is 2.39. The fourth-order valence-corrected chi connectivity index (χ4v) is 3.51. The molecule has 0 bridgehead atoms. The summed E-state index contributed by atoms with van der Waals surface area (Å²) in [5.41, 5.74) is 0.506. The number of β-amino-alcohol motifs (C(OH)–C–C–N with tert-alkyl or cyclic N) is 1. The average molecular weight is 291 g/mol. The molecule has 2 N–H and O–H groups in total. The molecule has 1 amide bonds. The van der Waals surface area contributed by atoms with Crippen LogP contribution in [-0.4, -0.2) is 45.7 Å². The smallest absolute Gasteiger partial charge is 0.326 e. The highest BCUT2D eigenvalue weighted by Crippen LogP contribution is 2.29. The zero-order valence-electron chi connectivity index (χ0n) is 10.5. The van der Waals surface area contributed by atoms with Crippen LogP contribution in [0.25, 0.3) is 10.1 Å². The van der Waals surface area contributed by atoms with Crippen molar-refractivity contribution in [3.63, 3.8) is 0 Å². The van der Waals surface area contributed by atoms with Gasteiger partial charge in [0.2, 0.25) is 0 Å². The van der Waals surface area contributed by atoms with Crippen molar-refractivity contribution in [2.75, 3.05) is 6.54 Å². The third-order valence-electron chi connectivity index (χ3n) is 3.54. The van der Waals surface area contributed by atoms with Crippen molar-refractivity contribution >= 4 is 33.3 Å². The third-order valence-corrected chi connectivity index (χ3v) is 4.50. The summed E-state index contributed by atoms with van der Waals surface area (Å²) in [4.78, 5) is 25.0. The van der Waals surface area contributed by atoms with Gasteiger partial charge in [-0.1, -0.05) is 18.2 Å². The summed E-state index contributed by atoms with van der Waals surface area (Å²) in [6, 6.07) is 6.56. The first-order valence-electron chi connectivity index (χ1n) is 6.26. The van der Waals surface area contributed by atoms with E-state index in [1.807, 2.05) is 24.3 Å². The number of carbonyl (C=O) groups excluding carboxylic acids is 1. The van der Waals surface area contributed by atoms with E-state index in [2.05, 4.69) is 0 Å². The largest absolute Gasteiger partial charge is 0.480 e. The van der Waals surface area contributed by atoms with E-state index in [9.17, 15) is 14.7 Å². The molecule has 0 radical (unpaired) electrons. The second-order valence-corrected chi connectivity index (χ2v) is 5.76. The Labute approximate surface area is 119 Å². The van der Waals surface area contributed by atoms with Gasteiger partial charge in [-0.15, -0.1) is 11.3 Å². The van der Waals surface area contributed by atoms with Crippen LogP contribution >= 0.6 is 11.3 Å². The number of nitrogens with zero attached hydrogens (tertiary/aromatic N) is 1. The highest BCUT2D eigenvalue weighted by atomic mass is 32.1. The number of fused-ring (bicyclic) bond motifs is 1. The number of rotatable bonds is 2. The van der Waals surface area contributed by atoms with E-state index in [0.717, 1.165) is 10.1 Å². The molecular formula is C14H13NO4S. The van der Waals surface area contributed by atoms with E-state index in [4.69, 9.17) is 5.11 Å². The van der Waals surface area contributed by atoms with E-state index >= 15 is 0 Å². The maximum Gasteiger partial charge on any atom is 0.326 e. The monoisotopic (exact) mass is 291 g/mol. The lowest BCUT2D eigenvalue weighted by Crippen LogP contribution is -2.40. The number of benzene rings is 1. The van der Waals surface area contributed by atoms with Crippen molar-refractivity contribution in [2.45, 2.75) is 18.6 Å². The van der Waals surface area contributed by atoms with Crippen LogP contribution in [0, 0.1) is 0 Å². The van der Waals surface area contributed by atoms with Gasteiger partial charge in [0.15, 0.2) is 0 Å². The summed E-state index contributed by atoms with van der Waals surface area (Å²) < 4.78 is 0.988. The Morgan fingerprint density at radius 3 is 2.80 bits per heavy atom. The molecule has 2 atom stereocenters. The number of carboxylic acids is 1. The lowest BCUT2D eigenvalue weighted by atomic mass is 10.1. The number of aliphatic hydroxyl groups excluding tert-OH is 1. The lowest BCUT2D eigenvalue weighted by molar-refractivity contribution is -0.141. The number of amides is 1. The minimum atomic E-state index is -1.07. The Bertz CT molecular complexity index is 681. The SMILES string of the molecule is O=C(O)[C@H]1C[C@@H](O)CN1C(=O)c1csc2ccccc12. The Hall–Kier alpha value is -1.92. The minimum absolute atomic E-state index is 0.0694. The quantitative estimate of drug-likeness (QED) is 0.880. The highest BCUT2D eigenvalue weighted by molar-refractivity contribution is 7.17. The second-order valence-electron chi connectivity index (χ2n) is 4.85. The van der Waals surface area contributed by atoms with Crippen LogP contribution in [0.2, 0.25) is 0 Å². The maximum atomic E-state index is 12.5. The molecule has 6 heteroatoms. The molecule has 20 heavy (non-hydrogen) atoms. The number of likely N-dealkylation sites (tertiary alicyclic amines) is 1. The molecule has 0 unspecified atom stereocenters. The molecule has 0 aliphatic carbocycles. The molecule has 0 saturated carbocycles. The normalized spacial score (nSPS) is 22.4. The molecule has 1 aromatic carbocycles. The van der Waals surface area contributed by atoms with Gasteiger partial charge in [-0.25, -0.2) is 4.79 Å². The van der Waals surface area contributed by atoms with Crippen molar-refractivity contribution in [3.8, 4) is 0 Å². The summed E-state index contributed by atoms with van der Waals surface area (Å²) in [5.74, 6) is -1.40. The number of carboxylic acid groups (broad SMARTS) is 1. The molecule has 0 spiro atoms. The first-order valence-corrected chi connectivity index (χ1v) is 7.14. The van der Waals surface area contributed by atoms with E-state index in [1.54, 1.807) is 5.38 Å². The molecule has 1 aliphatic rings. The summed E-state index contributed by atoms with van der Waals surface area (Å²) in [6.45, 7) is 0.0694. The van der Waals surface area contributed by atoms with Gasteiger partial charge in [0.05, 0.1) is 11.7 Å². The van der Waals surface area contributed by atoms with Crippen LogP contribution in [0.15, 0.2) is 29.6 Å². The minimum Gasteiger partial charge on any atom is -0.480 e. The summed E-state index contributed by atoms with van der Waals surface area (Å²) in [5, 5.41) is 21.4. The third kappa shape index (κ3) is 2.07. The average Bonchev–Trinajstić information content (AvgIpc) is 3.01. The van der Waals surface area contributed by atoms with Crippen LogP contribution in [0.1, 0.15) is 16.8 Å². The number of carbonyl (C=O) groups is 2. The fraction of sp³-hybridized carbons (Fsp3) is 0.286. The molecule has 2 aromatic rings. The first-order chi connectivity index (χ1) is 9.58. The van der Waals surface area contributed by atoms with Crippen LogP contribution in [0.5, 0.6) is 0 Å². The number of hydrogen-bond acceptors (Lipinski definition) is 4. The van der Waals surface area contributed by atoms with Crippen LogP contribution < -0.4 is 0 Å². The zero-order chi connectivity index (χ0) is 14.3. The molecule has 1 fully saturated rings. The molecular weight excluding hydrogens is 278 g/mol. The lowest BCUT2D eigenvalue weighted by Gasteiger charge is -2.20. The van der Waals surface area contributed by atoms with Gasteiger partial charge >= 0.3 is 5.97 Å². The molecule has 5 nitrogen and oxygen atoms in total. The van der Waals surface area contributed by atoms with Crippen LogP contribution in [0.4, 0.5) is 0 Å². The van der Waals surface area contributed by atoms with Crippen molar-refractivity contribution in [3.05, 3.63) is 35.2 Å². The van der Waals surface area contributed by atoms with Crippen LogP contribution in [-0.2, 0) is 4.79 Å². The Kier molecular flexibility index (Phi) is 3.19. The van der Waals surface area contributed by atoms with Gasteiger partial charge in [-0.3, -0.25) is 4.79 Å². The molecule has 2 heterocycles. The van der Waals surface area contributed by atoms with E-state index < -0.39 is 18.1 Å². The van der Waals surface area contributed by atoms with Crippen LogP contribution in [0.3, 0.4) is 0 Å². The number of aliphatic hydroxyl groups is 1. The summed E-state index contributed by atoms with van der Waals surface area (Å²) in [6.07, 6.45) is -0.687. The predicted octanol–water partition coefficient (Wildman–Crippen LogP) is 1.56. The van der Waals surface area contributed by atoms with Crippen molar-refractivity contribution in [2.24, 2.45) is 0 Å². The summed E-state index contributed by atoms with van der Waals surface area (Å²) in [7, 11) is 0. The standard InChI is InChI=1S/C14H13NO4S/c16-8-5-11(14(18)19)15(6-8)13(17)10-7-20-12-4-2-1-3-9(10)12/h1-4,7-8,11,16H,5-6H2,(H,18,19)/t8-,11-/m1/s1. The zero-order valence-corrected chi connectivity index (χ0v) is 11.3. The fourth-order valence-electron chi connectivity index (χ4n) is 2.57. The molecule has 3 rings (SSSR count). The van der Waals surface area contributed by atoms with Gasteiger partial charge in [-0.05, 0) is 6.07 Å². The van der Waals surface area contributed by atoms with Crippen molar-refractivity contribution in [1.29, 1.82) is 0 Å². The Balaban J connectivity index is 1.98. The van der Waals surface area contributed by atoms with Crippen molar-refractivity contribution in [1.82, 2.24) is 4.90 Å². The van der Waals surface area contributed by atoms with Gasteiger partial charge in [0.25, 0.3) is 5.91 Å². The number of thiophene rings is 1. The molecule has 1 saturated heterocycles. The number of hydrogen-bond donors (Lipinski definition) is 2.